The number of allylic oxidation sites excluding steroid dienone is 2. The highest BCUT2D eigenvalue weighted by Crippen LogP contribution is 2.65. The van der Waals surface area contributed by atoms with Crippen LogP contribution in [-0.4, -0.2) is 67.6 Å². The molecule has 8 rings (SSSR count). The van der Waals surface area contributed by atoms with Gasteiger partial charge in [0, 0.05) is 47.3 Å². The van der Waals surface area contributed by atoms with E-state index in [4.69, 9.17) is 26.5 Å². The van der Waals surface area contributed by atoms with Crippen molar-refractivity contribution in [1.29, 1.82) is 0 Å². The van der Waals surface area contributed by atoms with Gasteiger partial charge in [0.15, 0.2) is 11.5 Å². The summed E-state index contributed by atoms with van der Waals surface area (Å²) in [5.41, 5.74) is 1.38. The van der Waals surface area contributed by atoms with Gasteiger partial charge in [-0.25, -0.2) is 4.90 Å². The van der Waals surface area contributed by atoms with Crippen LogP contribution < -0.4 is 9.64 Å². The summed E-state index contributed by atoms with van der Waals surface area (Å²) in [5.74, 6) is -5.54. The Morgan fingerprint density at radius 2 is 1.84 bits per heavy atom. The number of unbranched alkanes of at least 4 members (excludes halogenated alkanes) is 2. The smallest absolute Gasteiger partial charge is 0.303 e. The number of imide groups is 2. The summed E-state index contributed by atoms with van der Waals surface area (Å²) in [4.78, 5) is 72.5. The van der Waals surface area contributed by atoms with Gasteiger partial charge in [-0.15, -0.1) is 11.3 Å². The zero-order valence-electron chi connectivity index (χ0n) is 31.6. The van der Waals surface area contributed by atoms with Crippen LogP contribution in [-0.2, 0) is 31.0 Å². The zero-order valence-corrected chi connectivity index (χ0v) is 33.2. The number of fused-ring (bicyclic) bond motifs is 5. The number of hydrogen-bond donors (Lipinski definition) is 2. The quantitative estimate of drug-likeness (QED) is 0.0906. The Bertz CT molecular complexity index is 2370. The molecule has 0 spiro atoms. The fourth-order valence-electron chi connectivity index (χ4n) is 9.85. The minimum absolute atomic E-state index is 0.0192. The predicted octanol–water partition coefficient (Wildman–Crippen LogP) is 7.24. The molecule has 56 heavy (non-hydrogen) atoms. The van der Waals surface area contributed by atoms with E-state index in [9.17, 15) is 24.3 Å². The topological polar surface area (TPSA) is 159 Å². The molecule has 1 saturated carbocycles. The third-order valence-corrected chi connectivity index (χ3v) is 14.0. The van der Waals surface area contributed by atoms with E-state index < -0.39 is 52.8 Å². The van der Waals surface area contributed by atoms with Crippen molar-refractivity contribution in [2.24, 2.45) is 36.1 Å². The molecule has 4 aromatic rings. The SMILES string of the molecule is CCOc1cccc([C@H]2C3=CC[C@@H]4C(=O)N(CCCCCC(=O)O)C(=O)[C@@H]4[C@@H]3C[C@H]3C(=O)N(c4cc(-c5sc6ccc(Cl)cc6c5C)nn4C)C(=O)[C@@]23C)c1O. The summed E-state index contributed by atoms with van der Waals surface area (Å²) in [5, 5.41) is 27.2. The van der Waals surface area contributed by atoms with Crippen molar-refractivity contribution in [2.45, 2.75) is 65.2 Å². The number of phenols is 1. The first-order valence-electron chi connectivity index (χ1n) is 19.1. The largest absolute Gasteiger partial charge is 0.504 e. The first-order chi connectivity index (χ1) is 26.8. The Kier molecular flexibility index (Phi) is 9.59. The molecule has 0 bridgehead atoms. The molecule has 14 heteroatoms. The molecule has 4 heterocycles. The maximum atomic E-state index is 15.2. The van der Waals surface area contributed by atoms with Gasteiger partial charge in [-0.1, -0.05) is 41.8 Å². The molecule has 2 N–H and O–H groups in total. The van der Waals surface area contributed by atoms with Crippen LogP contribution in [0.2, 0.25) is 5.02 Å². The number of likely N-dealkylation sites (tertiary alicyclic amines) is 1. The molecule has 0 radical (unpaired) electrons. The first-order valence-corrected chi connectivity index (χ1v) is 20.3. The number of halogens is 1. The number of benzene rings is 2. The lowest BCUT2D eigenvalue weighted by molar-refractivity contribution is -0.141. The van der Waals surface area contributed by atoms with E-state index in [0.29, 0.717) is 48.0 Å². The van der Waals surface area contributed by atoms with Gasteiger partial charge < -0.3 is 14.9 Å². The van der Waals surface area contributed by atoms with Crippen LogP contribution in [0.15, 0.2) is 54.1 Å². The summed E-state index contributed by atoms with van der Waals surface area (Å²) in [6.45, 7) is 6.06. The number of rotatable bonds is 11. The molecule has 2 aliphatic carbocycles. The van der Waals surface area contributed by atoms with Gasteiger partial charge in [0.1, 0.15) is 11.5 Å². The van der Waals surface area contributed by atoms with Crippen molar-refractivity contribution in [2.75, 3.05) is 18.1 Å². The highest BCUT2D eigenvalue weighted by molar-refractivity contribution is 7.22. The number of ether oxygens (including phenoxy) is 1. The Morgan fingerprint density at radius 1 is 1.05 bits per heavy atom. The molecule has 2 saturated heterocycles. The van der Waals surface area contributed by atoms with Gasteiger partial charge in [0.05, 0.1) is 34.7 Å². The van der Waals surface area contributed by atoms with Crippen LogP contribution in [0, 0.1) is 36.0 Å². The van der Waals surface area contributed by atoms with Crippen LogP contribution in [0.1, 0.15) is 69.4 Å². The number of para-hydroxylation sites is 1. The summed E-state index contributed by atoms with van der Waals surface area (Å²) in [6.07, 6.45) is 3.90. The first kappa shape index (κ1) is 37.9. The second kappa shape index (κ2) is 14.2. The number of nitrogens with zero attached hydrogens (tertiary/aromatic N) is 4. The van der Waals surface area contributed by atoms with Gasteiger partial charge in [-0.2, -0.15) is 5.10 Å². The Morgan fingerprint density at radius 3 is 2.59 bits per heavy atom. The molecular weight excluding hydrogens is 756 g/mol. The number of aromatic nitrogens is 2. The average Bonchev–Trinajstić information content (AvgIpc) is 3.83. The lowest BCUT2D eigenvalue weighted by Gasteiger charge is -2.49. The highest BCUT2D eigenvalue weighted by Gasteiger charge is 2.68. The summed E-state index contributed by atoms with van der Waals surface area (Å²) < 4.78 is 8.35. The number of amides is 4. The lowest BCUT2D eigenvalue weighted by atomic mass is 9.51. The lowest BCUT2D eigenvalue weighted by Crippen LogP contribution is -2.49. The summed E-state index contributed by atoms with van der Waals surface area (Å²) in [6, 6.07) is 12.6. The number of anilines is 1. The van der Waals surface area contributed by atoms with E-state index in [2.05, 4.69) is 0 Å². The van der Waals surface area contributed by atoms with E-state index in [1.165, 1.54) is 9.80 Å². The van der Waals surface area contributed by atoms with Crippen molar-refractivity contribution >= 4 is 68.4 Å². The minimum atomic E-state index is -1.38. The molecule has 2 aliphatic heterocycles. The van der Waals surface area contributed by atoms with Crippen LogP contribution in [0.3, 0.4) is 0 Å². The van der Waals surface area contributed by atoms with E-state index >= 15 is 4.79 Å². The maximum Gasteiger partial charge on any atom is 0.303 e. The fourth-order valence-corrected chi connectivity index (χ4v) is 11.2. The molecule has 4 amide bonds. The Balaban J connectivity index is 1.19. The number of carboxylic acids is 1. The van der Waals surface area contributed by atoms with Gasteiger partial charge in [-0.3, -0.25) is 33.6 Å². The van der Waals surface area contributed by atoms with E-state index in [0.717, 1.165) is 26.1 Å². The van der Waals surface area contributed by atoms with Crippen molar-refractivity contribution in [3.63, 3.8) is 0 Å². The molecule has 12 nitrogen and oxygen atoms in total. The summed E-state index contributed by atoms with van der Waals surface area (Å²) in [7, 11) is 1.70. The molecule has 3 fully saturated rings. The van der Waals surface area contributed by atoms with Gasteiger partial charge in [0.2, 0.25) is 23.6 Å². The van der Waals surface area contributed by atoms with Gasteiger partial charge in [0.25, 0.3) is 0 Å². The molecule has 292 valence electrons. The molecule has 0 unspecified atom stereocenters. The number of carboxylic acid groups (broad SMARTS) is 1. The van der Waals surface area contributed by atoms with Crippen molar-refractivity contribution < 1.29 is 38.9 Å². The van der Waals surface area contributed by atoms with Gasteiger partial charge >= 0.3 is 5.97 Å². The number of carbonyl (C=O) groups is 5. The Hall–Kier alpha value is -5.01. The number of aryl methyl sites for hydroxylation is 2. The number of aromatic hydroxyl groups is 1. The van der Waals surface area contributed by atoms with E-state index in [1.807, 2.05) is 31.2 Å². The van der Waals surface area contributed by atoms with Crippen molar-refractivity contribution in [3.05, 3.63) is 70.3 Å². The number of hydrogen-bond acceptors (Lipinski definition) is 9. The monoisotopic (exact) mass is 798 g/mol. The molecule has 4 aliphatic rings. The van der Waals surface area contributed by atoms with E-state index in [-0.39, 0.29) is 49.1 Å². The highest BCUT2D eigenvalue weighted by atomic mass is 35.5. The molecule has 6 atom stereocenters. The number of aliphatic carboxylic acids is 1. The van der Waals surface area contributed by atoms with E-state index in [1.54, 1.807) is 61.2 Å². The average molecular weight is 799 g/mol. The normalized spacial score (nSPS) is 25.8. The number of thiophene rings is 1. The molecule has 2 aromatic heterocycles. The minimum Gasteiger partial charge on any atom is -0.504 e. The fraction of sp³-hybridized carbons (Fsp3) is 0.429. The number of carbonyl (C=O) groups excluding carboxylic acids is 4. The van der Waals surface area contributed by atoms with Crippen LogP contribution in [0.4, 0.5) is 5.82 Å². The van der Waals surface area contributed by atoms with Crippen LogP contribution in [0.5, 0.6) is 11.5 Å². The Labute approximate surface area is 332 Å². The second-order valence-corrected chi connectivity index (χ2v) is 17.0. The standard InChI is InChI=1S/C42H43ClN4O8S/c1-5-55-30-11-9-10-25(36(30)50)35-23-14-15-24-34(40(53)46(38(24)51)17-8-6-7-12-33(48)49)27(23)19-28-39(52)47(41(54)42(28,35)3)32-20-29(44-45(32)4)37-21(2)26-18-22(43)13-16-31(26)56-37/h9-11,13-14,16,18,20,24,27-28,34-35,50H,5-8,12,15,17,19H2,1-4H3,(H,48,49)/t24-,27+,28-,34-,35+,42+/m0/s1. The maximum absolute atomic E-state index is 15.2. The third-order valence-electron chi connectivity index (χ3n) is 12.5. The van der Waals surface area contributed by atoms with Crippen LogP contribution >= 0.6 is 22.9 Å². The molecule has 2 aromatic carbocycles. The van der Waals surface area contributed by atoms with Crippen molar-refractivity contribution in [3.8, 4) is 22.1 Å². The van der Waals surface area contributed by atoms with Crippen LogP contribution in [0.25, 0.3) is 20.7 Å². The number of phenolic OH excluding ortho intramolecular Hbond substituents is 1. The van der Waals surface area contributed by atoms with Crippen molar-refractivity contribution in [1.82, 2.24) is 14.7 Å². The predicted molar refractivity (Wildman–Crippen MR) is 210 cm³/mol. The van der Waals surface area contributed by atoms with Gasteiger partial charge in [-0.05, 0) is 87.6 Å². The summed E-state index contributed by atoms with van der Waals surface area (Å²) >= 11 is 7.87. The zero-order chi connectivity index (χ0) is 39.8. The molecular formula is C42H43ClN4O8S. The second-order valence-electron chi connectivity index (χ2n) is 15.5. The third kappa shape index (κ3) is 5.76.